The largest absolute Gasteiger partial charge is 0.324 e. The van der Waals surface area contributed by atoms with Crippen molar-refractivity contribution in [3.63, 3.8) is 0 Å². The van der Waals surface area contributed by atoms with Gasteiger partial charge in [0.05, 0.1) is 3.79 Å². The summed E-state index contributed by atoms with van der Waals surface area (Å²) in [4.78, 5) is 0. The molecule has 0 aliphatic heterocycles. The zero-order valence-electron chi connectivity index (χ0n) is 6.59. The topological polar surface area (TPSA) is 26.0 Å². The van der Waals surface area contributed by atoms with Gasteiger partial charge in [-0.1, -0.05) is 0 Å². The van der Waals surface area contributed by atoms with Crippen LogP contribution in [0.5, 0.6) is 0 Å². The Hall–Kier alpha value is -0.300. The zero-order valence-corrected chi connectivity index (χ0v) is 8.99. The third-order valence-electron chi connectivity index (χ3n) is 1.62. The highest BCUT2D eigenvalue weighted by atomic mass is 79.9. The molecule has 1 aromatic heterocycles. The van der Waals surface area contributed by atoms with Gasteiger partial charge in [-0.25, -0.2) is 0 Å². The van der Waals surface area contributed by atoms with Crippen LogP contribution in [0.25, 0.3) is 0 Å². The molecule has 2 N–H and O–H groups in total. The summed E-state index contributed by atoms with van der Waals surface area (Å²) in [5.74, 6) is 2.59. The van der Waals surface area contributed by atoms with Crippen molar-refractivity contribution in [2.24, 2.45) is 5.73 Å². The van der Waals surface area contributed by atoms with Crippen molar-refractivity contribution in [2.75, 3.05) is 0 Å². The summed E-state index contributed by atoms with van der Waals surface area (Å²) in [6.45, 7) is 0. The molecule has 0 saturated carbocycles. The number of hydrogen-bond acceptors (Lipinski definition) is 2. The predicted octanol–water partition coefficient (Wildman–Crippen LogP) is 2.92. The summed E-state index contributed by atoms with van der Waals surface area (Å²) in [6.07, 6.45) is 6.75. The third kappa shape index (κ3) is 2.63. The molecule has 0 amide bonds. The van der Waals surface area contributed by atoms with Crippen LogP contribution < -0.4 is 5.73 Å². The maximum absolute atomic E-state index is 5.88. The second-order valence-electron chi connectivity index (χ2n) is 2.53. The van der Waals surface area contributed by atoms with Gasteiger partial charge in [0.2, 0.25) is 0 Å². The van der Waals surface area contributed by atoms with Crippen LogP contribution in [0.4, 0.5) is 0 Å². The van der Waals surface area contributed by atoms with E-state index >= 15 is 0 Å². The van der Waals surface area contributed by atoms with E-state index in [4.69, 9.17) is 12.2 Å². The molecule has 1 heterocycles. The van der Waals surface area contributed by atoms with Crippen molar-refractivity contribution in [3.05, 3.63) is 20.8 Å². The van der Waals surface area contributed by atoms with Crippen LogP contribution in [-0.2, 0) is 0 Å². The minimum Gasteiger partial charge on any atom is -0.324 e. The molecule has 1 atom stereocenters. The van der Waals surface area contributed by atoms with Gasteiger partial charge in [-0.2, -0.15) is 0 Å². The van der Waals surface area contributed by atoms with Gasteiger partial charge in [-0.15, -0.1) is 23.7 Å². The van der Waals surface area contributed by atoms with Gasteiger partial charge < -0.3 is 5.73 Å². The van der Waals surface area contributed by atoms with Crippen LogP contribution in [0.15, 0.2) is 15.2 Å². The minimum atomic E-state index is 0.0867. The number of nitrogens with two attached hydrogens (primary N) is 1. The van der Waals surface area contributed by atoms with Crippen molar-refractivity contribution in [1.29, 1.82) is 0 Å². The molecule has 1 nitrogen and oxygen atoms in total. The van der Waals surface area contributed by atoms with Crippen LogP contribution in [0.2, 0.25) is 0 Å². The Bertz CT molecular complexity index is 287. The van der Waals surface area contributed by atoms with E-state index in [1.165, 1.54) is 5.56 Å². The molecule has 0 aromatic carbocycles. The summed E-state index contributed by atoms with van der Waals surface area (Å²) < 4.78 is 1.12. The van der Waals surface area contributed by atoms with E-state index in [0.717, 1.165) is 16.6 Å². The lowest BCUT2D eigenvalue weighted by Crippen LogP contribution is -2.08. The highest BCUT2D eigenvalue weighted by Crippen LogP contribution is 2.25. The first-order chi connectivity index (χ1) is 5.74. The molecular formula is C9H10BrNS. The first-order valence-corrected chi connectivity index (χ1v) is 5.34. The van der Waals surface area contributed by atoms with Crippen molar-refractivity contribution in [3.8, 4) is 12.3 Å². The van der Waals surface area contributed by atoms with Gasteiger partial charge in [-0.3, -0.25) is 0 Å². The van der Waals surface area contributed by atoms with Crippen LogP contribution in [0, 0.1) is 12.3 Å². The second-order valence-corrected chi connectivity index (χ2v) is 4.82. The average Bonchev–Trinajstić information content (AvgIpc) is 2.47. The molecule has 0 bridgehead atoms. The Labute approximate surface area is 85.1 Å². The lowest BCUT2D eigenvalue weighted by atomic mass is 10.1. The highest BCUT2D eigenvalue weighted by molar-refractivity contribution is 9.11. The molecule has 0 saturated heterocycles. The van der Waals surface area contributed by atoms with Gasteiger partial charge in [0.15, 0.2) is 0 Å². The Morgan fingerprint density at radius 1 is 1.75 bits per heavy atom. The van der Waals surface area contributed by atoms with E-state index in [-0.39, 0.29) is 6.04 Å². The molecule has 1 unspecified atom stereocenters. The van der Waals surface area contributed by atoms with Crippen molar-refractivity contribution in [2.45, 2.75) is 18.9 Å². The minimum absolute atomic E-state index is 0.0867. The first kappa shape index (κ1) is 9.79. The first-order valence-electron chi connectivity index (χ1n) is 3.67. The summed E-state index contributed by atoms with van der Waals surface area (Å²) in [5.41, 5.74) is 7.05. The van der Waals surface area contributed by atoms with E-state index in [0.29, 0.717) is 0 Å². The standard InChI is InChI=1S/C9H10BrNS/c1-2-3-4-8(11)7-5-9(10)12-6-7/h1,5-6,8H,3-4,11H2. The highest BCUT2D eigenvalue weighted by Gasteiger charge is 2.06. The Morgan fingerprint density at radius 2 is 2.50 bits per heavy atom. The fourth-order valence-corrected chi connectivity index (χ4v) is 2.16. The smallest absolute Gasteiger partial charge is 0.0701 e. The molecule has 0 spiro atoms. The molecule has 0 aliphatic rings. The van der Waals surface area contributed by atoms with Crippen LogP contribution in [0.3, 0.4) is 0 Å². The van der Waals surface area contributed by atoms with Gasteiger partial charge >= 0.3 is 0 Å². The number of rotatable bonds is 3. The number of terminal acetylenes is 1. The van der Waals surface area contributed by atoms with E-state index in [1.807, 2.05) is 6.07 Å². The average molecular weight is 244 g/mol. The number of hydrogen-bond donors (Lipinski definition) is 1. The maximum Gasteiger partial charge on any atom is 0.0701 e. The molecule has 1 rings (SSSR count). The number of halogens is 1. The fraction of sp³-hybridized carbons (Fsp3) is 0.333. The molecule has 0 fully saturated rings. The van der Waals surface area contributed by atoms with Crippen molar-refractivity contribution < 1.29 is 0 Å². The van der Waals surface area contributed by atoms with Crippen LogP contribution in [0.1, 0.15) is 24.4 Å². The molecule has 0 radical (unpaired) electrons. The number of thiophene rings is 1. The molecule has 1 aromatic rings. The summed E-state index contributed by atoms with van der Waals surface area (Å²) in [7, 11) is 0. The fourth-order valence-electron chi connectivity index (χ4n) is 0.923. The predicted molar refractivity (Wildman–Crippen MR) is 57.0 cm³/mol. The van der Waals surface area contributed by atoms with E-state index in [2.05, 4.69) is 27.2 Å². The van der Waals surface area contributed by atoms with Crippen molar-refractivity contribution in [1.82, 2.24) is 0 Å². The van der Waals surface area contributed by atoms with E-state index in [1.54, 1.807) is 11.3 Å². The Kier molecular flexibility index (Phi) is 3.80. The molecule has 12 heavy (non-hydrogen) atoms. The Balaban J connectivity index is 2.54. The van der Waals surface area contributed by atoms with Crippen molar-refractivity contribution >= 4 is 27.3 Å². The summed E-state index contributed by atoms with van der Waals surface area (Å²) in [6, 6.07) is 2.13. The van der Waals surface area contributed by atoms with Gasteiger partial charge in [-0.05, 0) is 39.4 Å². The normalized spacial score (nSPS) is 12.4. The van der Waals surface area contributed by atoms with Gasteiger partial charge in [0, 0.05) is 12.5 Å². The molecule has 3 heteroatoms. The quantitative estimate of drug-likeness (QED) is 0.813. The SMILES string of the molecule is C#CCCC(N)c1csc(Br)c1. The second kappa shape index (κ2) is 4.66. The molecule has 0 aliphatic carbocycles. The monoisotopic (exact) mass is 243 g/mol. The lowest BCUT2D eigenvalue weighted by Gasteiger charge is -2.05. The lowest BCUT2D eigenvalue weighted by molar-refractivity contribution is 0.670. The summed E-state index contributed by atoms with van der Waals surface area (Å²) >= 11 is 5.04. The zero-order chi connectivity index (χ0) is 8.97. The summed E-state index contributed by atoms with van der Waals surface area (Å²) in [5, 5.41) is 2.06. The maximum atomic E-state index is 5.88. The van der Waals surface area contributed by atoms with E-state index in [9.17, 15) is 0 Å². The van der Waals surface area contributed by atoms with E-state index < -0.39 is 0 Å². The van der Waals surface area contributed by atoms with Gasteiger partial charge in [0.25, 0.3) is 0 Å². The molecular weight excluding hydrogens is 234 g/mol. The Morgan fingerprint density at radius 3 is 3.00 bits per heavy atom. The third-order valence-corrected chi connectivity index (χ3v) is 3.14. The van der Waals surface area contributed by atoms with Crippen LogP contribution in [-0.4, -0.2) is 0 Å². The van der Waals surface area contributed by atoms with Gasteiger partial charge in [0.1, 0.15) is 0 Å². The van der Waals surface area contributed by atoms with Crippen LogP contribution >= 0.6 is 27.3 Å². The molecule has 64 valence electrons.